The summed E-state index contributed by atoms with van der Waals surface area (Å²) in [5.74, 6) is -6.47. The summed E-state index contributed by atoms with van der Waals surface area (Å²) in [6.45, 7) is 2.84. The topological polar surface area (TPSA) is 92.2 Å². The molecule has 15 heteroatoms. The number of fused-ring (bicyclic) bond motifs is 1. The van der Waals surface area contributed by atoms with Gasteiger partial charge in [0.2, 0.25) is 17.6 Å². The van der Waals surface area contributed by atoms with Crippen LogP contribution >= 0.6 is 11.8 Å². The van der Waals surface area contributed by atoms with Gasteiger partial charge < -0.3 is 14.8 Å². The van der Waals surface area contributed by atoms with Gasteiger partial charge in [-0.3, -0.25) is 9.59 Å². The number of halogens is 7. The molecule has 0 radical (unpaired) electrons. The van der Waals surface area contributed by atoms with Gasteiger partial charge in [0.1, 0.15) is 11.9 Å². The highest BCUT2D eigenvalue weighted by Gasteiger charge is 2.40. The number of hydrogen-bond acceptors (Lipinski definition) is 5. The predicted molar refractivity (Wildman–Crippen MR) is 115 cm³/mol. The van der Waals surface area contributed by atoms with Gasteiger partial charge in [-0.25, -0.2) is 18.0 Å². The SMILES string of the molecule is CC(C)C(NCl)C(=O)NC(CC(=O)N1CCn2c(nnc2C(F)(F)F)C1)Cc1cc(F)c(F)cc1F. The van der Waals surface area contributed by atoms with Crippen LogP contribution in [0.3, 0.4) is 0 Å². The summed E-state index contributed by atoms with van der Waals surface area (Å²) in [6.07, 6.45) is -5.47. The second-order valence-corrected chi connectivity index (χ2v) is 8.93. The molecule has 1 aromatic carbocycles. The van der Waals surface area contributed by atoms with Crippen molar-refractivity contribution in [2.75, 3.05) is 6.54 Å². The fourth-order valence-electron chi connectivity index (χ4n) is 3.85. The van der Waals surface area contributed by atoms with Crippen LogP contribution in [0.4, 0.5) is 26.3 Å². The van der Waals surface area contributed by atoms with Crippen LogP contribution in [-0.2, 0) is 35.3 Å². The lowest BCUT2D eigenvalue weighted by Crippen LogP contribution is -2.50. The maximum absolute atomic E-state index is 14.3. The van der Waals surface area contributed by atoms with Crippen molar-refractivity contribution < 1.29 is 35.9 Å². The maximum Gasteiger partial charge on any atom is 0.451 e. The molecule has 2 heterocycles. The smallest absolute Gasteiger partial charge is 0.351 e. The predicted octanol–water partition coefficient (Wildman–Crippen LogP) is 2.94. The Kier molecular flexibility index (Phi) is 8.49. The van der Waals surface area contributed by atoms with Crippen LogP contribution < -0.4 is 10.2 Å². The molecule has 0 spiro atoms. The molecule has 0 saturated heterocycles. The van der Waals surface area contributed by atoms with Crippen molar-refractivity contribution in [3.05, 3.63) is 46.8 Å². The van der Waals surface area contributed by atoms with Crippen molar-refractivity contribution in [2.24, 2.45) is 5.92 Å². The normalized spacial score (nSPS) is 15.6. The molecule has 2 aromatic rings. The quantitative estimate of drug-likeness (QED) is 0.305. The Balaban J connectivity index is 1.79. The highest BCUT2D eigenvalue weighted by Crippen LogP contribution is 2.29. The van der Waals surface area contributed by atoms with Gasteiger partial charge in [0.05, 0.1) is 6.54 Å². The van der Waals surface area contributed by atoms with Gasteiger partial charge in [0.15, 0.2) is 17.5 Å². The second kappa shape index (κ2) is 11.0. The van der Waals surface area contributed by atoms with Crippen molar-refractivity contribution in [2.45, 2.75) is 58.0 Å². The number of amides is 2. The molecule has 2 N–H and O–H groups in total. The van der Waals surface area contributed by atoms with Gasteiger partial charge in [-0.2, -0.15) is 13.2 Å². The first-order chi connectivity index (χ1) is 16.8. The zero-order valence-corrected chi connectivity index (χ0v) is 19.9. The molecule has 1 aliphatic rings. The average Bonchev–Trinajstić information content (AvgIpc) is 3.21. The van der Waals surface area contributed by atoms with E-state index in [1.165, 1.54) is 4.90 Å². The largest absolute Gasteiger partial charge is 0.451 e. The van der Waals surface area contributed by atoms with Gasteiger partial charge in [0, 0.05) is 31.6 Å². The molecule has 1 aromatic heterocycles. The zero-order chi connectivity index (χ0) is 26.8. The molecule has 0 bridgehead atoms. The monoisotopic (exact) mass is 540 g/mol. The van der Waals surface area contributed by atoms with Crippen LogP contribution in [0.1, 0.15) is 37.5 Å². The van der Waals surface area contributed by atoms with Gasteiger partial charge in [0.25, 0.3) is 0 Å². The molecular weight excluding hydrogens is 518 g/mol. The van der Waals surface area contributed by atoms with E-state index in [0.29, 0.717) is 12.1 Å². The Hall–Kier alpha value is -2.87. The highest BCUT2D eigenvalue weighted by atomic mass is 35.5. The Morgan fingerprint density at radius 3 is 2.36 bits per heavy atom. The van der Waals surface area contributed by atoms with Gasteiger partial charge in [-0.05, 0) is 35.7 Å². The number of nitrogens with one attached hydrogen (secondary N) is 2. The molecule has 2 atom stereocenters. The number of alkyl halides is 3. The van der Waals surface area contributed by atoms with E-state index in [-0.39, 0.29) is 43.4 Å². The molecule has 0 fully saturated rings. The Labute approximate surface area is 207 Å². The lowest BCUT2D eigenvalue weighted by atomic mass is 9.99. The molecule has 0 aliphatic carbocycles. The molecule has 8 nitrogen and oxygen atoms in total. The van der Waals surface area contributed by atoms with Crippen LogP contribution in [0.25, 0.3) is 0 Å². The van der Waals surface area contributed by atoms with Crippen LogP contribution in [0.5, 0.6) is 0 Å². The van der Waals surface area contributed by atoms with E-state index in [2.05, 4.69) is 20.3 Å². The first-order valence-electron chi connectivity index (χ1n) is 10.9. The van der Waals surface area contributed by atoms with Crippen molar-refractivity contribution in [3.8, 4) is 0 Å². The third kappa shape index (κ3) is 6.27. The molecule has 1 aliphatic heterocycles. The van der Waals surface area contributed by atoms with Crippen LogP contribution in [-0.4, -0.2) is 50.1 Å². The molecule has 0 saturated carbocycles. The summed E-state index contributed by atoms with van der Waals surface area (Å²) in [6, 6.07) is -0.955. The summed E-state index contributed by atoms with van der Waals surface area (Å²) in [7, 11) is 0. The number of carbonyl (C=O) groups excluding carboxylic acids is 2. The van der Waals surface area contributed by atoms with Crippen LogP contribution in [0.2, 0.25) is 0 Å². The standard InChI is InChI=1S/C21H23ClF6N6O2/c1-10(2)18(30-22)19(36)29-12(5-11-6-14(24)15(25)8-13(11)23)7-17(35)33-3-4-34-16(9-33)31-32-20(34)21(26,27)28/h6,8,10,12,18,30H,3-5,7,9H2,1-2H3,(H,29,36). The number of benzene rings is 1. The lowest BCUT2D eigenvalue weighted by molar-refractivity contribution is -0.148. The minimum absolute atomic E-state index is 0.0691. The minimum atomic E-state index is -4.70. The fraction of sp³-hybridized carbons (Fsp3) is 0.524. The molecule has 2 amide bonds. The number of nitrogens with zero attached hydrogens (tertiary/aromatic N) is 4. The zero-order valence-electron chi connectivity index (χ0n) is 19.2. The maximum atomic E-state index is 14.3. The van der Waals surface area contributed by atoms with E-state index in [1.54, 1.807) is 13.8 Å². The highest BCUT2D eigenvalue weighted by molar-refractivity contribution is 6.15. The van der Waals surface area contributed by atoms with Gasteiger partial charge in [-0.1, -0.05) is 13.8 Å². The minimum Gasteiger partial charge on any atom is -0.351 e. The third-order valence-corrected chi connectivity index (χ3v) is 5.98. The number of hydrogen-bond donors (Lipinski definition) is 2. The van der Waals surface area contributed by atoms with E-state index < -0.39 is 59.8 Å². The van der Waals surface area contributed by atoms with E-state index in [0.717, 1.165) is 4.57 Å². The van der Waals surface area contributed by atoms with Crippen molar-refractivity contribution in [1.29, 1.82) is 0 Å². The van der Waals surface area contributed by atoms with E-state index >= 15 is 0 Å². The molecule has 36 heavy (non-hydrogen) atoms. The van der Waals surface area contributed by atoms with Crippen LogP contribution in [0, 0.1) is 23.4 Å². The summed E-state index contributed by atoms with van der Waals surface area (Å²) >= 11 is 5.64. The summed E-state index contributed by atoms with van der Waals surface area (Å²) in [5.41, 5.74) is -0.278. The summed E-state index contributed by atoms with van der Waals surface area (Å²) < 4.78 is 81.4. The Morgan fingerprint density at radius 2 is 1.75 bits per heavy atom. The van der Waals surface area contributed by atoms with Crippen LogP contribution in [0.15, 0.2) is 12.1 Å². The first-order valence-corrected chi connectivity index (χ1v) is 11.3. The van der Waals surface area contributed by atoms with Crippen molar-refractivity contribution in [1.82, 2.24) is 29.8 Å². The van der Waals surface area contributed by atoms with E-state index in [4.69, 9.17) is 11.8 Å². The molecular formula is C21H23ClF6N6O2. The Morgan fingerprint density at radius 1 is 1.08 bits per heavy atom. The second-order valence-electron chi connectivity index (χ2n) is 8.71. The molecule has 3 rings (SSSR count). The third-order valence-electron chi connectivity index (χ3n) is 5.75. The lowest BCUT2D eigenvalue weighted by Gasteiger charge is -2.30. The van der Waals surface area contributed by atoms with Crippen molar-refractivity contribution in [3.63, 3.8) is 0 Å². The summed E-state index contributed by atoms with van der Waals surface area (Å²) in [4.78, 5) is 29.2. The average molecular weight is 541 g/mol. The summed E-state index contributed by atoms with van der Waals surface area (Å²) in [5, 5.41) is 9.24. The fourth-order valence-corrected chi connectivity index (χ4v) is 4.20. The number of aromatic nitrogens is 3. The first kappa shape index (κ1) is 27.7. The van der Waals surface area contributed by atoms with E-state index in [1.807, 2.05) is 0 Å². The molecule has 2 unspecified atom stereocenters. The van der Waals surface area contributed by atoms with Gasteiger partial charge in [-0.15, -0.1) is 10.2 Å². The number of carbonyl (C=O) groups is 2. The van der Waals surface area contributed by atoms with Gasteiger partial charge >= 0.3 is 6.18 Å². The van der Waals surface area contributed by atoms with E-state index in [9.17, 15) is 35.9 Å². The molecule has 198 valence electrons. The van der Waals surface area contributed by atoms with Crippen molar-refractivity contribution >= 4 is 23.6 Å². The Bertz CT molecular complexity index is 1130. The number of rotatable bonds is 8.